The van der Waals surface area contributed by atoms with Gasteiger partial charge >= 0.3 is 5.97 Å². The van der Waals surface area contributed by atoms with Crippen LogP contribution >= 0.6 is 11.8 Å². The third kappa shape index (κ3) is 2.11. The Balaban J connectivity index is 2.04. The average Bonchev–Trinajstić information content (AvgIpc) is 2.45. The number of nitro groups is 1. The first-order valence-corrected chi connectivity index (χ1v) is 7.58. The maximum Gasteiger partial charge on any atom is 0.308 e. The Labute approximate surface area is 119 Å². The Kier molecular flexibility index (Phi) is 3.29. The van der Waals surface area contributed by atoms with E-state index < -0.39 is 16.8 Å². The Morgan fingerprint density at radius 3 is 3.00 bits per heavy atom. The summed E-state index contributed by atoms with van der Waals surface area (Å²) in [7, 11) is 0. The van der Waals surface area contributed by atoms with Crippen molar-refractivity contribution in [1.82, 2.24) is 0 Å². The lowest BCUT2D eigenvalue weighted by molar-refractivity contribution is -0.384. The van der Waals surface area contributed by atoms with Crippen LogP contribution < -0.4 is 4.90 Å². The lowest BCUT2D eigenvalue weighted by atomic mass is 9.86. The van der Waals surface area contributed by atoms with Crippen molar-refractivity contribution in [3.8, 4) is 0 Å². The number of hydrogen-bond acceptors (Lipinski definition) is 5. The van der Waals surface area contributed by atoms with Gasteiger partial charge in [-0.25, -0.2) is 0 Å². The molecular weight excluding hydrogens is 280 g/mol. The molecule has 1 aromatic rings. The first kappa shape index (κ1) is 13.2. The molecule has 2 aliphatic heterocycles. The number of anilines is 1. The second kappa shape index (κ2) is 4.97. The van der Waals surface area contributed by atoms with Gasteiger partial charge in [0.2, 0.25) is 0 Å². The van der Waals surface area contributed by atoms with Crippen LogP contribution in [0.2, 0.25) is 0 Å². The monoisotopic (exact) mass is 294 g/mol. The van der Waals surface area contributed by atoms with Crippen LogP contribution in [-0.2, 0) is 11.2 Å². The number of carbonyl (C=O) groups is 1. The molecule has 2 aliphatic rings. The van der Waals surface area contributed by atoms with Crippen LogP contribution in [0.25, 0.3) is 0 Å². The minimum absolute atomic E-state index is 0.0137. The van der Waals surface area contributed by atoms with E-state index in [9.17, 15) is 20.0 Å². The molecule has 0 bridgehead atoms. The van der Waals surface area contributed by atoms with Crippen molar-refractivity contribution in [2.45, 2.75) is 12.5 Å². The molecule has 0 radical (unpaired) electrons. The molecular formula is C13H14N2O4S. The summed E-state index contributed by atoms with van der Waals surface area (Å²) in [6, 6.07) is 4.76. The summed E-state index contributed by atoms with van der Waals surface area (Å²) < 4.78 is 0. The number of nitrogens with zero attached hydrogens (tertiary/aromatic N) is 2. The topological polar surface area (TPSA) is 83.7 Å². The standard InChI is InChI=1S/C13H14N2O4S/c16-13(17)10-6-8-5-9(15(18)19)1-2-11(8)14-3-4-20-7-12(10)14/h1-2,5,10,12H,3-4,6-7H2,(H,16,17)/t10-,12+/m1/s1. The maximum absolute atomic E-state index is 11.5. The van der Waals surface area contributed by atoms with Gasteiger partial charge in [0, 0.05) is 35.9 Å². The predicted molar refractivity (Wildman–Crippen MR) is 76.4 cm³/mol. The van der Waals surface area contributed by atoms with E-state index in [1.165, 1.54) is 12.1 Å². The molecule has 0 aromatic heterocycles. The highest BCUT2D eigenvalue weighted by Crippen LogP contribution is 2.39. The Morgan fingerprint density at radius 2 is 2.30 bits per heavy atom. The van der Waals surface area contributed by atoms with Gasteiger partial charge in [0.15, 0.2) is 0 Å². The van der Waals surface area contributed by atoms with Crippen LogP contribution in [0.4, 0.5) is 11.4 Å². The van der Waals surface area contributed by atoms with Crippen LogP contribution in [0.1, 0.15) is 5.56 Å². The molecule has 1 saturated heterocycles. The van der Waals surface area contributed by atoms with E-state index in [1.807, 2.05) is 0 Å². The summed E-state index contributed by atoms with van der Waals surface area (Å²) in [6.07, 6.45) is 0.369. The van der Waals surface area contributed by atoms with Gasteiger partial charge in [-0.3, -0.25) is 14.9 Å². The van der Waals surface area contributed by atoms with Crippen molar-refractivity contribution in [2.75, 3.05) is 23.0 Å². The lowest BCUT2D eigenvalue weighted by Gasteiger charge is -2.44. The summed E-state index contributed by atoms with van der Waals surface area (Å²) in [5.74, 6) is 0.448. The number of rotatable bonds is 2. The quantitative estimate of drug-likeness (QED) is 0.661. The second-order valence-electron chi connectivity index (χ2n) is 5.05. The zero-order chi connectivity index (χ0) is 14.3. The number of thioether (sulfide) groups is 1. The van der Waals surface area contributed by atoms with Crippen molar-refractivity contribution in [1.29, 1.82) is 0 Å². The van der Waals surface area contributed by atoms with Crippen LogP contribution in [0.15, 0.2) is 18.2 Å². The van der Waals surface area contributed by atoms with Gasteiger partial charge in [-0.1, -0.05) is 0 Å². The number of benzene rings is 1. The number of hydrogen-bond donors (Lipinski definition) is 1. The van der Waals surface area contributed by atoms with Gasteiger partial charge in [0.1, 0.15) is 0 Å². The first-order valence-electron chi connectivity index (χ1n) is 6.42. The number of non-ortho nitro benzene ring substituents is 1. The van der Waals surface area contributed by atoms with Gasteiger partial charge < -0.3 is 10.0 Å². The van der Waals surface area contributed by atoms with E-state index in [0.717, 1.165) is 29.3 Å². The van der Waals surface area contributed by atoms with Crippen molar-refractivity contribution >= 4 is 29.1 Å². The number of fused-ring (bicyclic) bond motifs is 3. The second-order valence-corrected chi connectivity index (χ2v) is 6.20. The molecule has 1 aromatic carbocycles. The van der Waals surface area contributed by atoms with Crippen LogP contribution in [0.5, 0.6) is 0 Å². The predicted octanol–water partition coefficient (Wildman–Crippen LogP) is 1.77. The van der Waals surface area contributed by atoms with E-state index in [4.69, 9.17) is 0 Å². The number of carboxylic acids is 1. The fourth-order valence-electron chi connectivity index (χ4n) is 3.01. The molecule has 20 heavy (non-hydrogen) atoms. The van der Waals surface area contributed by atoms with Crippen LogP contribution in [0, 0.1) is 16.0 Å². The SMILES string of the molecule is O=C(O)[C@@H]1Cc2cc([N+](=O)[O-])ccc2N2CCSC[C@@H]12. The minimum Gasteiger partial charge on any atom is -0.481 e. The number of aliphatic carboxylic acids is 1. The highest BCUT2D eigenvalue weighted by atomic mass is 32.2. The molecule has 6 nitrogen and oxygen atoms in total. The molecule has 0 amide bonds. The molecule has 106 valence electrons. The smallest absolute Gasteiger partial charge is 0.308 e. The third-order valence-corrected chi connectivity index (χ3v) is 5.02. The number of nitro benzene ring substituents is 1. The first-order chi connectivity index (χ1) is 9.58. The van der Waals surface area contributed by atoms with Crippen molar-refractivity contribution in [3.05, 3.63) is 33.9 Å². The molecule has 3 rings (SSSR count). The highest BCUT2D eigenvalue weighted by Gasteiger charge is 2.40. The highest BCUT2D eigenvalue weighted by molar-refractivity contribution is 7.99. The van der Waals surface area contributed by atoms with E-state index in [-0.39, 0.29) is 11.7 Å². The lowest BCUT2D eigenvalue weighted by Crippen LogP contribution is -2.52. The van der Waals surface area contributed by atoms with Gasteiger partial charge in [-0.2, -0.15) is 11.8 Å². The zero-order valence-electron chi connectivity index (χ0n) is 10.7. The summed E-state index contributed by atoms with van der Waals surface area (Å²) in [6.45, 7) is 0.796. The van der Waals surface area contributed by atoms with E-state index >= 15 is 0 Å². The van der Waals surface area contributed by atoms with Gasteiger partial charge in [0.25, 0.3) is 5.69 Å². The summed E-state index contributed by atoms with van der Waals surface area (Å²) >= 11 is 1.77. The van der Waals surface area contributed by atoms with Crippen molar-refractivity contribution in [2.24, 2.45) is 5.92 Å². The molecule has 0 saturated carbocycles. The van der Waals surface area contributed by atoms with Gasteiger partial charge in [-0.05, 0) is 18.1 Å². The molecule has 7 heteroatoms. The molecule has 2 heterocycles. The summed E-state index contributed by atoms with van der Waals surface area (Å²) in [4.78, 5) is 24.0. The van der Waals surface area contributed by atoms with Gasteiger partial charge in [0.05, 0.1) is 16.9 Å². The fourth-order valence-corrected chi connectivity index (χ4v) is 4.16. The van der Waals surface area contributed by atoms with Crippen LogP contribution in [-0.4, -0.2) is 40.1 Å². The largest absolute Gasteiger partial charge is 0.481 e. The zero-order valence-corrected chi connectivity index (χ0v) is 11.5. The fraction of sp³-hybridized carbons (Fsp3) is 0.462. The summed E-state index contributed by atoms with van der Waals surface area (Å²) in [5.41, 5.74) is 1.76. The normalized spacial score (nSPS) is 24.7. The molecule has 0 spiro atoms. The average molecular weight is 294 g/mol. The van der Waals surface area contributed by atoms with Crippen LogP contribution in [0.3, 0.4) is 0 Å². The van der Waals surface area contributed by atoms with Crippen molar-refractivity contribution < 1.29 is 14.8 Å². The Hall–Kier alpha value is -1.76. The molecule has 0 unspecified atom stereocenters. The minimum atomic E-state index is -0.820. The maximum atomic E-state index is 11.5. The van der Waals surface area contributed by atoms with E-state index in [2.05, 4.69) is 4.90 Å². The molecule has 1 fully saturated rings. The van der Waals surface area contributed by atoms with E-state index in [1.54, 1.807) is 17.8 Å². The summed E-state index contributed by atoms with van der Waals surface area (Å²) in [5, 5.41) is 20.3. The number of carboxylic acid groups (broad SMARTS) is 1. The molecule has 2 atom stereocenters. The molecule has 1 N–H and O–H groups in total. The van der Waals surface area contributed by atoms with Crippen molar-refractivity contribution in [3.63, 3.8) is 0 Å². The Bertz CT molecular complexity index is 577. The van der Waals surface area contributed by atoms with E-state index in [0.29, 0.717) is 6.42 Å². The van der Waals surface area contributed by atoms with Gasteiger partial charge in [-0.15, -0.1) is 0 Å². The Morgan fingerprint density at radius 1 is 1.50 bits per heavy atom. The molecule has 0 aliphatic carbocycles. The third-order valence-electron chi connectivity index (χ3n) is 3.97.